The van der Waals surface area contributed by atoms with E-state index in [0.29, 0.717) is 34.7 Å². The molecular formula is C18H22F3N9O. The van der Waals surface area contributed by atoms with Crippen molar-refractivity contribution in [1.82, 2.24) is 35.0 Å². The first-order chi connectivity index (χ1) is 14.9. The monoisotopic (exact) mass is 437 g/mol. The van der Waals surface area contributed by atoms with Crippen LogP contribution in [0.15, 0.2) is 24.8 Å². The van der Waals surface area contributed by atoms with E-state index in [1.807, 2.05) is 0 Å². The van der Waals surface area contributed by atoms with Gasteiger partial charge in [0, 0.05) is 31.9 Å². The average molecular weight is 437 g/mol. The molecule has 3 aromatic heterocycles. The number of hydrogen-bond acceptors (Lipinski definition) is 9. The summed E-state index contributed by atoms with van der Waals surface area (Å²) in [6.45, 7) is 3.06. The van der Waals surface area contributed by atoms with E-state index in [9.17, 15) is 13.2 Å². The molecule has 1 atom stereocenters. The van der Waals surface area contributed by atoms with E-state index < -0.39 is 12.8 Å². The largest absolute Gasteiger partial charge is 0.411 e. The van der Waals surface area contributed by atoms with E-state index in [2.05, 4.69) is 47.5 Å². The molecule has 1 saturated heterocycles. The van der Waals surface area contributed by atoms with Crippen molar-refractivity contribution in [3.63, 3.8) is 0 Å². The molecule has 13 heteroatoms. The van der Waals surface area contributed by atoms with Crippen molar-refractivity contribution >= 4 is 28.6 Å². The molecule has 10 nitrogen and oxygen atoms in total. The maximum atomic E-state index is 12.3. The summed E-state index contributed by atoms with van der Waals surface area (Å²) < 4.78 is 43.2. The molecule has 166 valence electrons. The molecule has 1 aliphatic heterocycles. The van der Waals surface area contributed by atoms with Crippen LogP contribution in [-0.4, -0.2) is 74.8 Å². The molecule has 0 aliphatic carbocycles. The molecule has 1 aliphatic rings. The van der Waals surface area contributed by atoms with Crippen molar-refractivity contribution in [3.8, 4) is 0 Å². The van der Waals surface area contributed by atoms with E-state index in [1.54, 1.807) is 18.5 Å². The number of piperazine rings is 1. The van der Waals surface area contributed by atoms with Gasteiger partial charge in [-0.1, -0.05) is 0 Å². The van der Waals surface area contributed by atoms with Gasteiger partial charge in [0.2, 0.25) is 5.95 Å². The van der Waals surface area contributed by atoms with Crippen LogP contribution in [0.3, 0.4) is 0 Å². The van der Waals surface area contributed by atoms with Gasteiger partial charge >= 0.3 is 6.18 Å². The fourth-order valence-electron chi connectivity index (χ4n) is 3.32. The smallest absolute Gasteiger partial charge is 0.370 e. The Morgan fingerprint density at radius 1 is 1.32 bits per heavy atom. The van der Waals surface area contributed by atoms with Gasteiger partial charge in [-0.15, -0.1) is 0 Å². The Labute approximate surface area is 175 Å². The second-order valence-corrected chi connectivity index (χ2v) is 7.16. The van der Waals surface area contributed by atoms with Gasteiger partial charge < -0.3 is 20.3 Å². The lowest BCUT2D eigenvalue weighted by atomic mass is 10.2. The molecule has 31 heavy (non-hydrogen) atoms. The Bertz CT molecular complexity index is 1010. The lowest BCUT2D eigenvalue weighted by molar-refractivity contribution is -0.174. The first-order valence-electron chi connectivity index (χ1n) is 9.78. The fourth-order valence-corrected chi connectivity index (χ4v) is 3.32. The summed E-state index contributed by atoms with van der Waals surface area (Å²) in [5, 5.41) is 10.8. The quantitative estimate of drug-likeness (QED) is 0.535. The minimum absolute atomic E-state index is 0.116. The molecule has 3 aromatic rings. The Hall–Kier alpha value is -3.06. The molecule has 0 aromatic carbocycles. The Kier molecular flexibility index (Phi) is 6.13. The van der Waals surface area contributed by atoms with Crippen LogP contribution in [0, 0.1) is 0 Å². The first-order valence-corrected chi connectivity index (χ1v) is 9.78. The molecular weight excluding hydrogens is 415 g/mol. The van der Waals surface area contributed by atoms with Crippen LogP contribution in [0.25, 0.3) is 11.0 Å². The van der Waals surface area contributed by atoms with Crippen LogP contribution in [-0.2, 0) is 11.3 Å². The van der Waals surface area contributed by atoms with Crippen molar-refractivity contribution in [2.24, 2.45) is 0 Å². The highest BCUT2D eigenvalue weighted by Gasteiger charge is 2.27. The van der Waals surface area contributed by atoms with E-state index in [-0.39, 0.29) is 13.2 Å². The molecule has 0 bridgehead atoms. The molecule has 0 spiro atoms. The van der Waals surface area contributed by atoms with Crippen molar-refractivity contribution < 1.29 is 17.9 Å². The molecule has 2 N–H and O–H groups in total. The van der Waals surface area contributed by atoms with Gasteiger partial charge in [0.25, 0.3) is 0 Å². The van der Waals surface area contributed by atoms with E-state index in [4.69, 9.17) is 4.74 Å². The minimum atomic E-state index is -4.37. The third-order valence-electron chi connectivity index (χ3n) is 4.67. The number of nitrogens with one attached hydrogen (secondary N) is 2. The number of alkyl halides is 3. The highest BCUT2D eigenvalue weighted by atomic mass is 19.4. The summed E-state index contributed by atoms with van der Waals surface area (Å²) in [5.74, 6) is 1.53. The average Bonchev–Trinajstić information content (AvgIpc) is 3.15. The van der Waals surface area contributed by atoms with E-state index in [0.717, 1.165) is 19.6 Å². The van der Waals surface area contributed by atoms with Crippen LogP contribution >= 0.6 is 0 Å². The van der Waals surface area contributed by atoms with Crippen LogP contribution in [0.4, 0.5) is 30.8 Å². The second-order valence-electron chi connectivity index (χ2n) is 7.16. The van der Waals surface area contributed by atoms with Gasteiger partial charge in [0.1, 0.15) is 29.8 Å². The van der Waals surface area contributed by atoms with E-state index >= 15 is 0 Å². The van der Waals surface area contributed by atoms with Crippen molar-refractivity contribution in [2.75, 3.05) is 43.1 Å². The molecule has 0 radical (unpaired) electrons. The third kappa shape index (κ3) is 5.35. The number of anilines is 3. The Morgan fingerprint density at radius 3 is 2.94 bits per heavy atom. The summed E-state index contributed by atoms with van der Waals surface area (Å²) in [6, 6.07) is 1.98. The predicted octanol–water partition coefficient (Wildman–Crippen LogP) is 1.74. The maximum Gasteiger partial charge on any atom is 0.411 e. The number of ether oxygens (including phenoxy) is 1. The van der Waals surface area contributed by atoms with Gasteiger partial charge in [-0.3, -0.25) is 4.68 Å². The van der Waals surface area contributed by atoms with Gasteiger partial charge in [-0.25, -0.2) is 15.0 Å². The van der Waals surface area contributed by atoms with Crippen molar-refractivity contribution in [3.05, 3.63) is 24.8 Å². The zero-order valence-electron chi connectivity index (χ0n) is 16.8. The number of nitrogens with zero attached hydrogens (tertiary/aromatic N) is 7. The third-order valence-corrected chi connectivity index (χ3v) is 4.67. The number of halogens is 3. The van der Waals surface area contributed by atoms with Gasteiger partial charge in [0.15, 0.2) is 5.82 Å². The highest BCUT2D eigenvalue weighted by molar-refractivity contribution is 5.88. The Morgan fingerprint density at radius 2 is 2.19 bits per heavy atom. The van der Waals surface area contributed by atoms with Gasteiger partial charge in [-0.2, -0.15) is 23.3 Å². The maximum absolute atomic E-state index is 12.3. The van der Waals surface area contributed by atoms with Crippen LogP contribution in [0.5, 0.6) is 0 Å². The van der Waals surface area contributed by atoms with Gasteiger partial charge in [-0.05, 0) is 13.0 Å². The van der Waals surface area contributed by atoms with Gasteiger partial charge in [0.05, 0.1) is 19.3 Å². The molecule has 0 unspecified atom stereocenters. The van der Waals surface area contributed by atoms with Crippen molar-refractivity contribution in [2.45, 2.75) is 25.7 Å². The molecule has 4 heterocycles. The topological polar surface area (TPSA) is 106 Å². The molecule has 0 saturated carbocycles. The normalized spacial score (nSPS) is 17.3. The molecule has 0 amide bonds. The first kappa shape index (κ1) is 21.2. The number of rotatable bonds is 7. The van der Waals surface area contributed by atoms with Crippen LogP contribution in [0.2, 0.25) is 0 Å². The van der Waals surface area contributed by atoms with Crippen LogP contribution < -0.4 is 15.5 Å². The summed E-state index contributed by atoms with van der Waals surface area (Å²) in [6.07, 6.45) is 0.197. The SMILES string of the molecule is C[C@@H]1CN(c2nc(Nc3ccncn3)c3c(cnn3CCOCC(F)(F)F)n2)CCN1. The number of hydrogen-bond donors (Lipinski definition) is 2. The second kappa shape index (κ2) is 8.98. The predicted molar refractivity (Wildman–Crippen MR) is 107 cm³/mol. The number of aromatic nitrogens is 6. The minimum Gasteiger partial charge on any atom is -0.370 e. The van der Waals surface area contributed by atoms with Crippen LogP contribution in [0.1, 0.15) is 6.92 Å². The zero-order valence-corrected chi connectivity index (χ0v) is 16.8. The molecule has 1 fully saturated rings. The number of fused-ring (bicyclic) bond motifs is 1. The van der Waals surface area contributed by atoms with E-state index in [1.165, 1.54) is 11.0 Å². The summed E-state index contributed by atoms with van der Waals surface area (Å²) in [4.78, 5) is 19.5. The fraction of sp³-hybridized carbons (Fsp3) is 0.500. The molecule has 4 rings (SSSR count). The summed E-state index contributed by atoms with van der Waals surface area (Å²) in [7, 11) is 0. The lowest BCUT2D eigenvalue weighted by Crippen LogP contribution is -2.49. The zero-order chi connectivity index (χ0) is 21.8. The lowest BCUT2D eigenvalue weighted by Gasteiger charge is -2.32. The summed E-state index contributed by atoms with van der Waals surface area (Å²) in [5.41, 5.74) is 1.13. The van der Waals surface area contributed by atoms with Crippen molar-refractivity contribution in [1.29, 1.82) is 0 Å². The standard InChI is InChI=1S/C18H22F3N9O/c1-12-9-29(5-4-23-12)17-26-13-8-25-30(6-7-31-10-18(19,20)21)15(13)16(28-17)27-14-2-3-22-11-24-14/h2-3,8,11-12,23H,4-7,9-10H2,1H3,(H,22,24,26,27,28)/t12-/m1/s1. The highest BCUT2D eigenvalue weighted by Crippen LogP contribution is 2.26. The Balaban J connectivity index is 1.63. The summed E-state index contributed by atoms with van der Waals surface area (Å²) >= 11 is 0.